The second-order valence-corrected chi connectivity index (χ2v) is 6.11. The van der Waals surface area contributed by atoms with Crippen molar-refractivity contribution in [2.24, 2.45) is 11.8 Å². The van der Waals surface area contributed by atoms with Gasteiger partial charge in [-0.3, -0.25) is 4.79 Å². The quantitative estimate of drug-likeness (QED) is 0.843. The van der Waals surface area contributed by atoms with Crippen LogP contribution >= 0.6 is 0 Å². The average Bonchev–Trinajstić information content (AvgIpc) is 2.37. The molecule has 1 N–H and O–H groups in total. The minimum absolute atomic E-state index is 0.0508. The highest BCUT2D eigenvalue weighted by Gasteiger charge is 2.26. The zero-order chi connectivity index (χ0) is 15.4. The van der Waals surface area contributed by atoms with E-state index in [1.807, 2.05) is 0 Å². The van der Waals surface area contributed by atoms with Gasteiger partial charge < -0.3 is 9.64 Å². The molecule has 1 fully saturated rings. The summed E-state index contributed by atoms with van der Waals surface area (Å²) in [6.07, 6.45) is 1.22. The van der Waals surface area contributed by atoms with Crippen LogP contribution in [0.2, 0.25) is 0 Å². The molecule has 2 rings (SSSR count). The van der Waals surface area contributed by atoms with Gasteiger partial charge in [0.1, 0.15) is 12.3 Å². The monoisotopic (exact) mass is 298 g/mol. The second-order valence-electron chi connectivity index (χ2n) is 6.11. The van der Waals surface area contributed by atoms with Crippen LogP contribution in [0.3, 0.4) is 0 Å². The molecule has 116 valence electrons. The van der Waals surface area contributed by atoms with Crippen LogP contribution in [0.25, 0.3) is 0 Å². The van der Waals surface area contributed by atoms with E-state index < -0.39 is 6.61 Å². The highest BCUT2D eigenvalue weighted by Crippen LogP contribution is 2.15. The minimum atomic E-state index is -2.84. The first-order valence-electron chi connectivity index (χ1n) is 7.35. The molecule has 1 heterocycles. The van der Waals surface area contributed by atoms with Gasteiger partial charge in [-0.15, -0.1) is 0 Å². The number of ether oxygens (including phenoxy) is 1. The fraction of sp³-hybridized carbons (Fsp3) is 0.562. The summed E-state index contributed by atoms with van der Waals surface area (Å²) in [5.74, 6) is 1.40. The molecule has 1 unspecified atom stereocenters. The maximum atomic E-state index is 12.2. The minimum Gasteiger partial charge on any atom is -0.435 e. The summed E-state index contributed by atoms with van der Waals surface area (Å²) in [5.41, 5.74) is 0.551. The number of carbonyl (C=O) groups excluding carboxylic acids is 1. The molecule has 0 amide bonds. The fourth-order valence-electron chi connectivity index (χ4n) is 3.22. The van der Waals surface area contributed by atoms with Crippen molar-refractivity contribution in [1.82, 2.24) is 0 Å². The van der Waals surface area contributed by atoms with Crippen LogP contribution < -0.4 is 9.64 Å². The summed E-state index contributed by atoms with van der Waals surface area (Å²) in [4.78, 5) is 13.6. The molecular formula is C16H22F2NO2+. The third-order valence-corrected chi connectivity index (χ3v) is 3.89. The Labute approximate surface area is 123 Å². The second kappa shape index (κ2) is 6.98. The Morgan fingerprint density at radius 2 is 1.81 bits per heavy atom. The average molecular weight is 298 g/mol. The highest BCUT2D eigenvalue weighted by atomic mass is 19.3. The number of likely N-dealkylation sites (tertiary alicyclic amines) is 1. The first kappa shape index (κ1) is 15.9. The van der Waals surface area contributed by atoms with E-state index >= 15 is 0 Å². The number of carbonyl (C=O) groups is 1. The summed E-state index contributed by atoms with van der Waals surface area (Å²) in [7, 11) is 0. The van der Waals surface area contributed by atoms with E-state index in [2.05, 4.69) is 18.6 Å². The Kier molecular flexibility index (Phi) is 5.28. The number of Topliss-reactive ketones (excluding diaryl/α,β-unsaturated/α-hetero) is 1. The number of piperidine rings is 1. The van der Waals surface area contributed by atoms with Crippen LogP contribution in [0.15, 0.2) is 24.3 Å². The number of hydrogen-bond acceptors (Lipinski definition) is 2. The van der Waals surface area contributed by atoms with Gasteiger partial charge >= 0.3 is 6.61 Å². The number of benzene rings is 1. The van der Waals surface area contributed by atoms with Crippen molar-refractivity contribution in [2.45, 2.75) is 26.9 Å². The number of ketones is 1. The summed E-state index contributed by atoms with van der Waals surface area (Å²) in [6.45, 7) is 4.09. The van der Waals surface area contributed by atoms with E-state index in [0.717, 1.165) is 13.1 Å². The van der Waals surface area contributed by atoms with E-state index in [1.54, 1.807) is 12.1 Å². The Morgan fingerprint density at radius 3 is 2.33 bits per heavy atom. The van der Waals surface area contributed by atoms with Crippen LogP contribution in [0, 0.1) is 11.8 Å². The topological polar surface area (TPSA) is 30.7 Å². The number of rotatable bonds is 5. The maximum absolute atomic E-state index is 12.2. The number of halogens is 2. The van der Waals surface area contributed by atoms with Gasteiger partial charge in [-0.25, -0.2) is 0 Å². The molecule has 0 bridgehead atoms. The first-order chi connectivity index (χ1) is 9.94. The van der Waals surface area contributed by atoms with Gasteiger partial charge in [-0.1, -0.05) is 13.8 Å². The predicted octanol–water partition coefficient (Wildman–Crippen LogP) is 2.03. The third-order valence-electron chi connectivity index (χ3n) is 3.89. The lowest BCUT2D eigenvalue weighted by molar-refractivity contribution is -0.903. The molecule has 1 aromatic rings. The lowest BCUT2D eigenvalue weighted by Crippen LogP contribution is -3.15. The van der Waals surface area contributed by atoms with Gasteiger partial charge in [0, 0.05) is 17.4 Å². The third kappa shape index (κ3) is 4.77. The lowest BCUT2D eigenvalue weighted by Gasteiger charge is -2.31. The van der Waals surface area contributed by atoms with Gasteiger partial charge in [0.15, 0.2) is 0 Å². The van der Waals surface area contributed by atoms with Gasteiger partial charge in [0.25, 0.3) is 0 Å². The standard InChI is InChI=1S/C16H21F2NO2/c1-11-7-12(2)9-19(8-11)10-15(20)13-3-5-14(6-4-13)21-16(17)18/h3-6,11-12,16H,7-10H2,1-2H3/p+1/t11-,12+. The molecule has 3 nitrogen and oxygen atoms in total. The van der Waals surface area contributed by atoms with Crippen LogP contribution in [-0.2, 0) is 0 Å². The molecule has 1 saturated heterocycles. The number of hydrogen-bond donors (Lipinski definition) is 1. The molecule has 0 spiro atoms. The van der Waals surface area contributed by atoms with E-state index in [4.69, 9.17) is 0 Å². The Bertz CT molecular complexity index is 466. The van der Waals surface area contributed by atoms with Gasteiger partial charge in [0.2, 0.25) is 5.78 Å². The molecular weight excluding hydrogens is 276 g/mol. The van der Waals surface area contributed by atoms with Crippen molar-refractivity contribution < 1.29 is 23.2 Å². The van der Waals surface area contributed by atoms with E-state index in [1.165, 1.54) is 23.5 Å². The Morgan fingerprint density at radius 1 is 1.24 bits per heavy atom. The van der Waals surface area contributed by atoms with Crippen LogP contribution in [-0.4, -0.2) is 32.0 Å². The van der Waals surface area contributed by atoms with Crippen LogP contribution in [0.5, 0.6) is 5.75 Å². The lowest BCUT2D eigenvalue weighted by atomic mass is 9.91. The smallest absolute Gasteiger partial charge is 0.387 e. The van der Waals surface area contributed by atoms with Gasteiger partial charge in [-0.2, -0.15) is 8.78 Å². The number of quaternary nitrogens is 1. The van der Waals surface area contributed by atoms with Crippen molar-refractivity contribution >= 4 is 5.78 Å². The summed E-state index contributed by atoms with van der Waals surface area (Å²) < 4.78 is 28.4. The molecule has 0 aliphatic carbocycles. The maximum Gasteiger partial charge on any atom is 0.387 e. The fourth-order valence-corrected chi connectivity index (χ4v) is 3.22. The van der Waals surface area contributed by atoms with Crippen molar-refractivity contribution in [2.75, 3.05) is 19.6 Å². The number of alkyl halides is 2. The predicted molar refractivity (Wildman–Crippen MR) is 75.9 cm³/mol. The van der Waals surface area contributed by atoms with Crippen LogP contribution in [0.1, 0.15) is 30.6 Å². The molecule has 0 aromatic heterocycles. The van der Waals surface area contributed by atoms with E-state index in [9.17, 15) is 13.6 Å². The summed E-state index contributed by atoms with van der Waals surface area (Å²) in [6, 6.07) is 5.93. The summed E-state index contributed by atoms with van der Waals surface area (Å²) in [5, 5.41) is 0. The van der Waals surface area contributed by atoms with Crippen molar-refractivity contribution in [1.29, 1.82) is 0 Å². The Balaban J connectivity index is 1.93. The van der Waals surface area contributed by atoms with Crippen LogP contribution in [0.4, 0.5) is 8.78 Å². The molecule has 1 aliphatic rings. The van der Waals surface area contributed by atoms with Crippen molar-refractivity contribution in [3.05, 3.63) is 29.8 Å². The van der Waals surface area contributed by atoms with E-state index in [0.29, 0.717) is 23.9 Å². The molecule has 1 aromatic carbocycles. The normalized spacial score (nSPS) is 25.9. The molecule has 3 atom stereocenters. The summed E-state index contributed by atoms with van der Waals surface area (Å²) >= 11 is 0. The molecule has 21 heavy (non-hydrogen) atoms. The molecule has 5 heteroatoms. The molecule has 0 saturated carbocycles. The van der Waals surface area contributed by atoms with Crippen molar-refractivity contribution in [3.63, 3.8) is 0 Å². The SMILES string of the molecule is C[C@@H]1C[C@H](C)C[NH+](CC(=O)c2ccc(OC(F)F)cc2)C1. The zero-order valence-corrected chi connectivity index (χ0v) is 12.4. The van der Waals surface area contributed by atoms with Gasteiger partial charge in [0.05, 0.1) is 13.1 Å². The zero-order valence-electron chi connectivity index (χ0n) is 12.4. The van der Waals surface area contributed by atoms with Crippen molar-refractivity contribution in [3.8, 4) is 5.75 Å². The number of nitrogens with one attached hydrogen (secondary N) is 1. The molecule has 0 radical (unpaired) electrons. The highest BCUT2D eigenvalue weighted by molar-refractivity contribution is 5.96. The van der Waals surface area contributed by atoms with Gasteiger partial charge in [-0.05, 0) is 30.7 Å². The first-order valence-corrected chi connectivity index (χ1v) is 7.35. The largest absolute Gasteiger partial charge is 0.435 e. The molecule has 1 aliphatic heterocycles. The van der Waals surface area contributed by atoms with E-state index in [-0.39, 0.29) is 11.5 Å². The Hall–Kier alpha value is -1.49.